The molecular formula is C15H19BrN2S. The largest absolute Gasteiger partial charge is 0.369 e. The van der Waals surface area contributed by atoms with E-state index in [0.717, 1.165) is 17.4 Å². The molecular weight excluding hydrogens is 320 g/mol. The maximum Gasteiger partial charge on any atom is 0.0519 e. The van der Waals surface area contributed by atoms with Crippen LogP contribution >= 0.6 is 27.3 Å². The number of hydrogen-bond donors (Lipinski definition) is 1. The van der Waals surface area contributed by atoms with Gasteiger partial charge in [-0.25, -0.2) is 0 Å². The Morgan fingerprint density at radius 2 is 2.00 bits per heavy atom. The first-order chi connectivity index (χ1) is 9.10. The second-order valence-corrected chi connectivity index (χ2v) is 6.61. The predicted molar refractivity (Wildman–Crippen MR) is 87.8 cm³/mol. The first kappa shape index (κ1) is 14.6. The Bertz CT molecular complexity index is 521. The number of thiophene rings is 1. The quantitative estimate of drug-likeness (QED) is 0.865. The van der Waals surface area contributed by atoms with Crippen molar-refractivity contribution in [2.45, 2.75) is 25.9 Å². The van der Waals surface area contributed by atoms with E-state index in [1.807, 2.05) is 0 Å². The van der Waals surface area contributed by atoms with Crippen LogP contribution in [0.15, 0.2) is 40.2 Å². The summed E-state index contributed by atoms with van der Waals surface area (Å²) < 4.78 is 1.16. The molecule has 2 aromatic rings. The molecule has 19 heavy (non-hydrogen) atoms. The second kappa shape index (κ2) is 6.55. The van der Waals surface area contributed by atoms with E-state index in [1.54, 1.807) is 11.3 Å². The molecule has 4 heteroatoms. The lowest BCUT2D eigenvalue weighted by atomic mass is 10.1. The summed E-state index contributed by atoms with van der Waals surface area (Å²) in [4.78, 5) is 3.60. The molecule has 102 valence electrons. The number of rotatable bonds is 5. The maximum atomic E-state index is 6.03. The van der Waals surface area contributed by atoms with Crippen LogP contribution < -0.4 is 10.6 Å². The van der Waals surface area contributed by atoms with Gasteiger partial charge in [0.25, 0.3) is 0 Å². The lowest BCUT2D eigenvalue weighted by Crippen LogP contribution is -2.16. The number of halogens is 1. The van der Waals surface area contributed by atoms with Gasteiger partial charge in [-0.15, -0.1) is 11.3 Å². The van der Waals surface area contributed by atoms with Gasteiger partial charge in [-0.05, 0) is 46.1 Å². The third-order valence-electron chi connectivity index (χ3n) is 3.22. The number of anilines is 1. The van der Waals surface area contributed by atoms with Crippen molar-refractivity contribution in [3.05, 3.63) is 50.6 Å². The van der Waals surface area contributed by atoms with Crippen LogP contribution in [0.25, 0.3) is 0 Å². The zero-order valence-electron chi connectivity index (χ0n) is 11.3. The predicted octanol–water partition coefficient (Wildman–Crippen LogP) is 4.56. The smallest absolute Gasteiger partial charge is 0.0519 e. The third-order valence-corrected chi connectivity index (χ3v) is 4.90. The lowest BCUT2D eigenvalue weighted by Gasteiger charge is -2.19. The van der Waals surface area contributed by atoms with Gasteiger partial charge in [0.15, 0.2) is 0 Å². The molecule has 1 aromatic carbocycles. The van der Waals surface area contributed by atoms with Crippen molar-refractivity contribution in [3.8, 4) is 0 Å². The summed E-state index contributed by atoms with van der Waals surface area (Å²) in [5, 5.41) is 2.12. The number of hydrogen-bond acceptors (Lipinski definition) is 3. The van der Waals surface area contributed by atoms with Crippen molar-refractivity contribution < 1.29 is 0 Å². The van der Waals surface area contributed by atoms with Gasteiger partial charge in [-0.2, -0.15) is 0 Å². The SMILES string of the molecule is CC[C@H](N)c1ccc(N(C)Cc2cc(Br)cs2)cc1. The van der Waals surface area contributed by atoms with Gasteiger partial charge in [-0.1, -0.05) is 19.1 Å². The second-order valence-electron chi connectivity index (χ2n) is 4.69. The summed E-state index contributed by atoms with van der Waals surface area (Å²) in [5.41, 5.74) is 8.46. The van der Waals surface area contributed by atoms with Crippen molar-refractivity contribution in [2.75, 3.05) is 11.9 Å². The number of nitrogens with zero attached hydrogens (tertiary/aromatic N) is 1. The molecule has 1 heterocycles. The Morgan fingerprint density at radius 1 is 1.32 bits per heavy atom. The average Bonchev–Trinajstić information content (AvgIpc) is 2.83. The van der Waals surface area contributed by atoms with E-state index in [2.05, 4.69) is 70.5 Å². The molecule has 0 aliphatic rings. The van der Waals surface area contributed by atoms with Crippen molar-refractivity contribution in [3.63, 3.8) is 0 Å². The number of nitrogens with two attached hydrogens (primary N) is 1. The molecule has 0 aliphatic carbocycles. The summed E-state index contributed by atoms with van der Waals surface area (Å²) in [5.74, 6) is 0. The van der Waals surface area contributed by atoms with Crippen LogP contribution in [0, 0.1) is 0 Å². The highest BCUT2D eigenvalue weighted by Gasteiger charge is 2.06. The standard InChI is InChI=1S/C15H19BrN2S/c1-3-15(17)11-4-6-13(7-5-11)18(2)9-14-8-12(16)10-19-14/h4-8,10,15H,3,9,17H2,1-2H3/t15-/m0/s1. The minimum absolute atomic E-state index is 0.146. The monoisotopic (exact) mass is 338 g/mol. The van der Waals surface area contributed by atoms with Gasteiger partial charge in [0.05, 0.1) is 6.54 Å². The van der Waals surface area contributed by atoms with E-state index in [4.69, 9.17) is 5.73 Å². The minimum atomic E-state index is 0.146. The van der Waals surface area contributed by atoms with E-state index in [-0.39, 0.29) is 6.04 Å². The van der Waals surface area contributed by atoms with E-state index in [1.165, 1.54) is 16.1 Å². The molecule has 0 saturated heterocycles. The lowest BCUT2D eigenvalue weighted by molar-refractivity contribution is 0.698. The summed E-state index contributed by atoms with van der Waals surface area (Å²) in [6.07, 6.45) is 0.971. The van der Waals surface area contributed by atoms with Gasteiger partial charge < -0.3 is 10.6 Å². The molecule has 1 aromatic heterocycles. The molecule has 0 aliphatic heterocycles. The Morgan fingerprint density at radius 3 is 2.53 bits per heavy atom. The fourth-order valence-corrected chi connectivity index (χ4v) is 3.48. The molecule has 2 N–H and O–H groups in total. The number of benzene rings is 1. The van der Waals surface area contributed by atoms with Crippen LogP contribution in [0.5, 0.6) is 0 Å². The minimum Gasteiger partial charge on any atom is -0.369 e. The van der Waals surface area contributed by atoms with Crippen LogP contribution in [0.2, 0.25) is 0 Å². The molecule has 2 nitrogen and oxygen atoms in total. The first-order valence-electron chi connectivity index (χ1n) is 6.39. The third kappa shape index (κ3) is 3.81. The van der Waals surface area contributed by atoms with Gasteiger partial charge in [0.1, 0.15) is 0 Å². The molecule has 0 saturated carbocycles. The topological polar surface area (TPSA) is 29.3 Å². The van der Waals surface area contributed by atoms with Crippen molar-refractivity contribution in [1.29, 1.82) is 0 Å². The van der Waals surface area contributed by atoms with E-state index >= 15 is 0 Å². The van der Waals surface area contributed by atoms with Gasteiger partial charge in [0, 0.05) is 33.5 Å². The van der Waals surface area contributed by atoms with E-state index in [9.17, 15) is 0 Å². The van der Waals surface area contributed by atoms with Crippen LogP contribution in [-0.2, 0) is 6.54 Å². The highest BCUT2D eigenvalue weighted by atomic mass is 79.9. The highest BCUT2D eigenvalue weighted by molar-refractivity contribution is 9.10. The fourth-order valence-electron chi connectivity index (χ4n) is 1.97. The first-order valence-corrected chi connectivity index (χ1v) is 8.07. The summed E-state index contributed by atoms with van der Waals surface area (Å²) >= 11 is 5.27. The van der Waals surface area contributed by atoms with Gasteiger partial charge in [0.2, 0.25) is 0 Å². The molecule has 0 radical (unpaired) electrons. The van der Waals surface area contributed by atoms with Crippen LogP contribution in [0.4, 0.5) is 5.69 Å². The van der Waals surface area contributed by atoms with E-state index < -0.39 is 0 Å². The molecule has 2 rings (SSSR count). The van der Waals surface area contributed by atoms with Crippen molar-refractivity contribution in [1.82, 2.24) is 0 Å². The Hall–Kier alpha value is -0.840. The highest BCUT2D eigenvalue weighted by Crippen LogP contribution is 2.24. The normalized spacial score (nSPS) is 12.4. The van der Waals surface area contributed by atoms with Gasteiger partial charge in [-0.3, -0.25) is 0 Å². The average molecular weight is 339 g/mol. The molecule has 0 spiro atoms. The zero-order chi connectivity index (χ0) is 13.8. The Labute approximate surface area is 127 Å². The fraction of sp³-hybridized carbons (Fsp3) is 0.333. The van der Waals surface area contributed by atoms with Crippen LogP contribution in [-0.4, -0.2) is 7.05 Å². The maximum absolute atomic E-state index is 6.03. The molecule has 1 atom stereocenters. The Balaban J connectivity index is 2.05. The molecule has 0 unspecified atom stereocenters. The van der Waals surface area contributed by atoms with Crippen LogP contribution in [0.1, 0.15) is 29.8 Å². The molecule has 0 bridgehead atoms. The zero-order valence-corrected chi connectivity index (χ0v) is 13.7. The van der Waals surface area contributed by atoms with Gasteiger partial charge >= 0.3 is 0 Å². The summed E-state index contributed by atoms with van der Waals surface area (Å²) in [6.45, 7) is 3.04. The van der Waals surface area contributed by atoms with Crippen molar-refractivity contribution >= 4 is 33.0 Å². The van der Waals surface area contributed by atoms with Crippen LogP contribution in [0.3, 0.4) is 0 Å². The Kier molecular flexibility index (Phi) is 5.02. The summed E-state index contributed by atoms with van der Waals surface area (Å²) in [7, 11) is 2.11. The molecule has 0 fully saturated rings. The summed E-state index contributed by atoms with van der Waals surface area (Å²) in [6, 6.07) is 10.9. The van der Waals surface area contributed by atoms with Crippen molar-refractivity contribution in [2.24, 2.45) is 5.73 Å². The van der Waals surface area contributed by atoms with E-state index in [0.29, 0.717) is 0 Å². The molecule has 0 amide bonds.